The van der Waals surface area contributed by atoms with Crippen molar-refractivity contribution in [2.75, 3.05) is 6.54 Å². The van der Waals surface area contributed by atoms with E-state index in [1.54, 1.807) is 4.90 Å². The van der Waals surface area contributed by atoms with Crippen molar-refractivity contribution >= 4 is 17.5 Å². The van der Waals surface area contributed by atoms with Crippen molar-refractivity contribution in [3.8, 4) is 0 Å². The fourth-order valence-electron chi connectivity index (χ4n) is 2.04. The first-order valence-electron chi connectivity index (χ1n) is 6.71. The summed E-state index contributed by atoms with van der Waals surface area (Å²) in [5, 5.41) is 0.697. The van der Waals surface area contributed by atoms with Gasteiger partial charge in [0.25, 0.3) is 5.91 Å². The number of hydrogen-bond acceptors (Lipinski definition) is 1. The number of carbonyl (C=O) groups excluding carboxylic acids is 1. The van der Waals surface area contributed by atoms with Crippen molar-refractivity contribution in [3.05, 3.63) is 70.2 Å². The molecule has 0 saturated carbocycles. The number of nitrogens with zero attached hydrogens (tertiary/aromatic N) is 1. The third-order valence-corrected chi connectivity index (χ3v) is 3.66. The van der Waals surface area contributed by atoms with Crippen molar-refractivity contribution in [2.24, 2.45) is 0 Å². The number of amides is 1. The van der Waals surface area contributed by atoms with Gasteiger partial charge < -0.3 is 4.90 Å². The number of aryl methyl sites for hydroxylation is 1. The van der Waals surface area contributed by atoms with Gasteiger partial charge in [0.05, 0.1) is 0 Å². The van der Waals surface area contributed by atoms with Crippen LogP contribution in [-0.4, -0.2) is 17.4 Å². The largest absolute Gasteiger partial charge is 0.335 e. The summed E-state index contributed by atoms with van der Waals surface area (Å²) in [5.41, 5.74) is 2.83. The summed E-state index contributed by atoms with van der Waals surface area (Å²) in [7, 11) is 0. The molecule has 2 rings (SSSR count). The van der Waals surface area contributed by atoms with E-state index in [9.17, 15) is 4.79 Å². The van der Waals surface area contributed by atoms with Crippen LogP contribution in [0, 0.1) is 6.92 Å². The zero-order valence-electron chi connectivity index (χ0n) is 11.8. The van der Waals surface area contributed by atoms with Crippen LogP contribution in [0.2, 0.25) is 5.02 Å². The summed E-state index contributed by atoms with van der Waals surface area (Å²) >= 11 is 6.16. The second kappa shape index (κ2) is 6.58. The van der Waals surface area contributed by atoms with Gasteiger partial charge in [-0.15, -0.1) is 0 Å². The minimum atomic E-state index is 0.0346. The summed E-state index contributed by atoms with van der Waals surface area (Å²) in [6.45, 7) is 5.17. The third kappa shape index (κ3) is 3.40. The van der Waals surface area contributed by atoms with Gasteiger partial charge in [0.2, 0.25) is 0 Å². The zero-order chi connectivity index (χ0) is 14.5. The van der Waals surface area contributed by atoms with Crippen LogP contribution in [0.15, 0.2) is 48.5 Å². The molecule has 0 N–H and O–H groups in total. The monoisotopic (exact) mass is 287 g/mol. The molecule has 0 aliphatic carbocycles. The molecule has 0 atom stereocenters. The lowest BCUT2D eigenvalue weighted by atomic mass is 10.1. The maximum absolute atomic E-state index is 12.5. The Kier molecular flexibility index (Phi) is 4.80. The van der Waals surface area contributed by atoms with Gasteiger partial charge in [-0.05, 0) is 37.6 Å². The number of halogens is 1. The van der Waals surface area contributed by atoms with Gasteiger partial charge in [0.15, 0.2) is 0 Å². The van der Waals surface area contributed by atoms with Crippen LogP contribution in [0.5, 0.6) is 0 Å². The van der Waals surface area contributed by atoms with E-state index in [4.69, 9.17) is 11.6 Å². The predicted molar refractivity (Wildman–Crippen MR) is 83.0 cm³/mol. The molecule has 0 saturated heterocycles. The van der Waals surface area contributed by atoms with Gasteiger partial charge in [-0.1, -0.05) is 47.5 Å². The maximum Gasteiger partial charge on any atom is 0.254 e. The number of benzene rings is 2. The molecule has 2 aromatic rings. The van der Waals surface area contributed by atoms with E-state index in [2.05, 4.69) is 0 Å². The molecule has 0 heterocycles. The Balaban J connectivity index is 2.18. The summed E-state index contributed by atoms with van der Waals surface area (Å²) in [4.78, 5) is 14.3. The maximum atomic E-state index is 12.5. The first-order chi connectivity index (χ1) is 9.61. The van der Waals surface area contributed by atoms with Crippen molar-refractivity contribution in [1.82, 2.24) is 4.90 Å². The van der Waals surface area contributed by atoms with Gasteiger partial charge >= 0.3 is 0 Å². The number of hydrogen-bond donors (Lipinski definition) is 0. The molecular formula is C17H18ClNO. The average Bonchev–Trinajstić information content (AvgIpc) is 2.46. The van der Waals surface area contributed by atoms with E-state index < -0.39 is 0 Å². The van der Waals surface area contributed by atoms with E-state index in [0.717, 1.165) is 11.1 Å². The highest BCUT2D eigenvalue weighted by Crippen LogP contribution is 2.18. The molecule has 104 valence electrons. The molecule has 20 heavy (non-hydrogen) atoms. The standard InChI is InChI=1S/C17H18ClNO/c1-3-19(12-15-6-4-5-7-16(15)18)17(20)14-10-8-13(2)9-11-14/h4-11H,3,12H2,1-2H3. The molecule has 0 radical (unpaired) electrons. The summed E-state index contributed by atoms with van der Waals surface area (Å²) in [5.74, 6) is 0.0346. The fourth-order valence-corrected chi connectivity index (χ4v) is 2.23. The van der Waals surface area contributed by atoms with Crippen LogP contribution in [0.1, 0.15) is 28.4 Å². The number of rotatable bonds is 4. The number of carbonyl (C=O) groups is 1. The average molecular weight is 288 g/mol. The highest BCUT2D eigenvalue weighted by atomic mass is 35.5. The quantitative estimate of drug-likeness (QED) is 0.820. The normalized spacial score (nSPS) is 10.3. The fraction of sp³-hybridized carbons (Fsp3) is 0.235. The van der Waals surface area contributed by atoms with Crippen molar-refractivity contribution < 1.29 is 4.79 Å². The molecule has 0 aliphatic rings. The van der Waals surface area contributed by atoms with Crippen molar-refractivity contribution in [2.45, 2.75) is 20.4 Å². The first kappa shape index (κ1) is 14.6. The third-order valence-electron chi connectivity index (χ3n) is 3.29. The Bertz CT molecular complexity index is 592. The van der Waals surface area contributed by atoms with Crippen LogP contribution < -0.4 is 0 Å². The van der Waals surface area contributed by atoms with E-state index in [1.165, 1.54) is 0 Å². The topological polar surface area (TPSA) is 20.3 Å². The molecule has 3 heteroatoms. The van der Waals surface area contributed by atoms with Crippen molar-refractivity contribution in [3.63, 3.8) is 0 Å². The Labute approximate surface area is 125 Å². The molecule has 1 amide bonds. The molecule has 0 spiro atoms. The van der Waals surface area contributed by atoms with Crippen LogP contribution >= 0.6 is 11.6 Å². The van der Waals surface area contributed by atoms with E-state index in [0.29, 0.717) is 23.7 Å². The minimum Gasteiger partial charge on any atom is -0.335 e. The lowest BCUT2D eigenvalue weighted by Gasteiger charge is -2.21. The van der Waals surface area contributed by atoms with Gasteiger partial charge in [0, 0.05) is 23.7 Å². The SMILES string of the molecule is CCN(Cc1ccccc1Cl)C(=O)c1ccc(C)cc1. The molecule has 0 fully saturated rings. The summed E-state index contributed by atoms with van der Waals surface area (Å²) < 4.78 is 0. The van der Waals surface area contributed by atoms with Crippen LogP contribution in [0.3, 0.4) is 0 Å². The zero-order valence-corrected chi connectivity index (χ0v) is 12.5. The molecule has 2 nitrogen and oxygen atoms in total. The molecule has 0 aromatic heterocycles. The van der Waals surface area contributed by atoms with Crippen LogP contribution in [0.4, 0.5) is 0 Å². The highest BCUT2D eigenvalue weighted by molar-refractivity contribution is 6.31. The van der Waals surface area contributed by atoms with Gasteiger partial charge in [0.1, 0.15) is 0 Å². The second-order valence-corrected chi connectivity index (χ2v) is 5.18. The molecule has 0 bridgehead atoms. The lowest BCUT2D eigenvalue weighted by molar-refractivity contribution is 0.0752. The molecule has 0 unspecified atom stereocenters. The molecule has 0 aliphatic heterocycles. The Morgan fingerprint density at radius 1 is 1.10 bits per heavy atom. The molecule has 2 aromatic carbocycles. The molecular weight excluding hydrogens is 270 g/mol. The Morgan fingerprint density at radius 2 is 1.75 bits per heavy atom. The smallest absolute Gasteiger partial charge is 0.254 e. The predicted octanol–water partition coefficient (Wildman–Crippen LogP) is 4.31. The Hall–Kier alpha value is -1.80. The Morgan fingerprint density at radius 3 is 2.35 bits per heavy atom. The van der Waals surface area contributed by atoms with E-state index in [1.807, 2.05) is 62.4 Å². The summed E-state index contributed by atoms with van der Waals surface area (Å²) in [6, 6.07) is 15.3. The van der Waals surface area contributed by atoms with Crippen LogP contribution in [-0.2, 0) is 6.54 Å². The first-order valence-corrected chi connectivity index (χ1v) is 7.09. The van der Waals surface area contributed by atoms with Gasteiger partial charge in [-0.25, -0.2) is 0 Å². The van der Waals surface area contributed by atoms with Gasteiger partial charge in [-0.3, -0.25) is 4.79 Å². The van der Waals surface area contributed by atoms with E-state index in [-0.39, 0.29) is 5.91 Å². The van der Waals surface area contributed by atoms with Crippen LogP contribution in [0.25, 0.3) is 0 Å². The highest BCUT2D eigenvalue weighted by Gasteiger charge is 2.15. The second-order valence-electron chi connectivity index (χ2n) is 4.78. The van der Waals surface area contributed by atoms with Crippen molar-refractivity contribution in [1.29, 1.82) is 0 Å². The van der Waals surface area contributed by atoms with E-state index >= 15 is 0 Å². The minimum absolute atomic E-state index is 0.0346. The summed E-state index contributed by atoms with van der Waals surface area (Å²) in [6.07, 6.45) is 0. The lowest BCUT2D eigenvalue weighted by Crippen LogP contribution is -2.30. The van der Waals surface area contributed by atoms with Gasteiger partial charge in [-0.2, -0.15) is 0 Å².